The number of aliphatic hydroxyl groups excluding tert-OH is 1. The molecule has 7 nitrogen and oxygen atoms in total. The lowest BCUT2D eigenvalue weighted by molar-refractivity contribution is -0.687. The van der Waals surface area contributed by atoms with Gasteiger partial charge in [0.1, 0.15) is 18.3 Å². The first-order chi connectivity index (χ1) is 10.3. The summed E-state index contributed by atoms with van der Waals surface area (Å²) in [6.07, 6.45) is -0.983. The monoisotopic (exact) mass is 330 g/mol. The quantitative estimate of drug-likeness (QED) is 0.550. The number of methoxy groups -OCH3 is 1. The van der Waals surface area contributed by atoms with Crippen LogP contribution in [0.5, 0.6) is 5.75 Å². The Bertz CT molecular complexity index is 536. The number of carboxylic acids is 1. The van der Waals surface area contributed by atoms with Crippen molar-refractivity contribution in [2.45, 2.75) is 25.5 Å². The van der Waals surface area contributed by atoms with Crippen molar-refractivity contribution >= 4 is 29.2 Å². The van der Waals surface area contributed by atoms with E-state index < -0.39 is 24.0 Å². The SMILES string of the molecule is COc1ccc(Cl)cc1NC(=O)C[C@@H]([NH2+]C[C@H](C)O)C(=O)[O-]. The molecule has 0 spiro atoms. The number of hydrogen-bond donors (Lipinski definition) is 3. The van der Waals surface area contributed by atoms with E-state index in [1.807, 2.05) is 0 Å². The van der Waals surface area contributed by atoms with Gasteiger partial charge in [0.2, 0.25) is 5.91 Å². The maximum absolute atomic E-state index is 12.0. The highest BCUT2D eigenvalue weighted by molar-refractivity contribution is 6.31. The summed E-state index contributed by atoms with van der Waals surface area (Å²) in [7, 11) is 1.44. The van der Waals surface area contributed by atoms with Crippen LogP contribution in [-0.4, -0.2) is 42.8 Å². The van der Waals surface area contributed by atoms with Crippen molar-refractivity contribution < 1.29 is 29.9 Å². The molecule has 1 aromatic rings. The average Bonchev–Trinajstić information content (AvgIpc) is 2.43. The molecule has 0 aliphatic carbocycles. The summed E-state index contributed by atoms with van der Waals surface area (Å²) < 4.78 is 5.09. The standard InChI is InChI=1S/C14H19ClN2O5/c1-8(18)7-16-11(14(20)21)6-13(19)17-10-5-9(15)3-4-12(10)22-2/h3-5,8,11,16,18H,6-7H2,1-2H3,(H,17,19)(H,20,21)/t8-,11+/m0/s1. The molecule has 0 saturated carbocycles. The minimum absolute atomic E-state index is 0.159. The lowest BCUT2D eigenvalue weighted by atomic mass is 10.2. The van der Waals surface area contributed by atoms with Gasteiger partial charge in [0.15, 0.2) is 0 Å². The number of nitrogens with one attached hydrogen (secondary N) is 1. The van der Waals surface area contributed by atoms with Crippen molar-refractivity contribution in [3.05, 3.63) is 23.2 Å². The molecule has 1 rings (SSSR count). The van der Waals surface area contributed by atoms with Gasteiger partial charge in [-0.15, -0.1) is 0 Å². The Morgan fingerprint density at radius 1 is 1.50 bits per heavy atom. The Hall–Kier alpha value is -1.83. The minimum atomic E-state index is -1.37. The summed E-state index contributed by atoms with van der Waals surface area (Å²) in [6.45, 7) is 1.69. The van der Waals surface area contributed by atoms with E-state index in [0.717, 1.165) is 0 Å². The van der Waals surface area contributed by atoms with Crippen LogP contribution < -0.4 is 20.5 Å². The Morgan fingerprint density at radius 3 is 2.73 bits per heavy atom. The molecule has 0 heterocycles. The van der Waals surface area contributed by atoms with Crippen molar-refractivity contribution in [1.82, 2.24) is 0 Å². The number of rotatable bonds is 8. The van der Waals surface area contributed by atoms with E-state index >= 15 is 0 Å². The first-order valence-corrected chi connectivity index (χ1v) is 7.07. The molecule has 1 amide bonds. The highest BCUT2D eigenvalue weighted by Gasteiger charge is 2.20. The maximum Gasteiger partial charge on any atom is 0.230 e. The first kappa shape index (κ1) is 18.2. The third-order valence-corrected chi connectivity index (χ3v) is 3.14. The molecule has 0 saturated heterocycles. The van der Waals surface area contributed by atoms with Crippen LogP contribution in [0.25, 0.3) is 0 Å². The van der Waals surface area contributed by atoms with Crippen molar-refractivity contribution in [3.8, 4) is 5.75 Å². The maximum atomic E-state index is 12.0. The molecule has 4 N–H and O–H groups in total. The molecule has 0 bridgehead atoms. The third-order valence-electron chi connectivity index (χ3n) is 2.91. The van der Waals surface area contributed by atoms with Crippen molar-refractivity contribution in [3.63, 3.8) is 0 Å². The van der Waals surface area contributed by atoms with Crippen LogP contribution in [0.2, 0.25) is 5.02 Å². The average molecular weight is 331 g/mol. The summed E-state index contributed by atoms with van der Waals surface area (Å²) in [6, 6.07) is 3.62. The van der Waals surface area contributed by atoms with Crippen molar-refractivity contribution in [2.24, 2.45) is 0 Å². The van der Waals surface area contributed by atoms with E-state index in [1.54, 1.807) is 12.1 Å². The molecule has 8 heteroatoms. The van der Waals surface area contributed by atoms with Gasteiger partial charge in [0, 0.05) is 5.02 Å². The molecule has 0 aliphatic rings. The molecule has 0 aromatic heterocycles. The molecule has 2 atom stereocenters. The van der Waals surface area contributed by atoms with E-state index in [0.29, 0.717) is 16.5 Å². The predicted molar refractivity (Wildman–Crippen MR) is 78.5 cm³/mol. The van der Waals surface area contributed by atoms with Gasteiger partial charge in [0.05, 0.1) is 31.3 Å². The lowest BCUT2D eigenvalue weighted by Crippen LogP contribution is -2.94. The van der Waals surface area contributed by atoms with Crippen LogP contribution in [0.1, 0.15) is 13.3 Å². The summed E-state index contributed by atoms with van der Waals surface area (Å²) in [4.78, 5) is 23.0. The number of quaternary nitrogens is 1. The fourth-order valence-electron chi connectivity index (χ4n) is 1.80. The van der Waals surface area contributed by atoms with Gasteiger partial charge in [-0.1, -0.05) is 11.6 Å². The molecule has 0 fully saturated rings. The molecule has 22 heavy (non-hydrogen) atoms. The minimum Gasteiger partial charge on any atom is -0.544 e. The zero-order valence-electron chi connectivity index (χ0n) is 12.3. The Balaban J connectivity index is 2.71. The fourth-order valence-corrected chi connectivity index (χ4v) is 1.98. The molecular weight excluding hydrogens is 312 g/mol. The fraction of sp³-hybridized carbons (Fsp3) is 0.429. The van der Waals surface area contributed by atoms with E-state index in [-0.39, 0.29) is 13.0 Å². The Labute approximate surface area is 133 Å². The van der Waals surface area contributed by atoms with Crippen LogP contribution in [-0.2, 0) is 9.59 Å². The molecule has 0 unspecified atom stereocenters. The van der Waals surface area contributed by atoms with Gasteiger partial charge in [-0.05, 0) is 25.1 Å². The molecule has 1 aromatic carbocycles. The molecule has 122 valence electrons. The second kappa shape index (κ2) is 8.57. The number of carbonyl (C=O) groups excluding carboxylic acids is 2. The lowest BCUT2D eigenvalue weighted by Gasteiger charge is -2.17. The van der Waals surface area contributed by atoms with Crippen LogP contribution in [0.4, 0.5) is 5.69 Å². The van der Waals surface area contributed by atoms with Crippen LogP contribution >= 0.6 is 11.6 Å². The number of hydrogen-bond acceptors (Lipinski definition) is 5. The van der Waals surface area contributed by atoms with Gasteiger partial charge in [-0.2, -0.15) is 0 Å². The summed E-state index contributed by atoms with van der Waals surface area (Å²) >= 11 is 5.85. The van der Waals surface area contributed by atoms with Crippen LogP contribution in [0.3, 0.4) is 0 Å². The number of aliphatic carboxylic acids is 1. The van der Waals surface area contributed by atoms with Crippen LogP contribution in [0, 0.1) is 0 Å². The number of nitrogens with two attached hydrogens (primary N) is 1. The number of carbonyl (C=O) groups is 2. The number of ether oxygens (including phenoxy) is 1. The molecule has 0 aliphatic heterocycles. The number of anilines is 1. The third kappa shape index (κ3) is 5.88. The zero-order valence-corrected chi connectivity index (χ0v) is 13.1. The highest BCUT2D eigenvalue weighted by atomic mass is 35.5. The number of benzene rings is 1. The highest BCUT2D eigenvalue weighted by Crippen LogP contribution is 2.27. The molecular formula is C14H19ClN2O5. The summed E-state index contributed by atoms with van der Waals surface area (Å²) in [5.41, 5.74) is 0.354. The van der Waals surface area contributed by atoms with E-state index in [2.05, 4.69) is 5.32 Å². The largest absolute Gasteiger partial charge is 0.544 e. The zero-order chi connectivity index (χ0) is 16.7. The molecule has 0 radical (unpaired) electrons. The Morgan fingerprint density at radius 2 is 2.18 bits per heavy atom. The number of halogens is 1. The normalized spacial score (nSPS) is 13.3. The Kier molecular flexibility index (Phi) is 7.10. The predicted octanol–water partition coefficient (Wildman–Crippen LogP) is -1.26. The van der Waals surface area contributed by atoms with Crippen molar-refractivity contribution in [1.29, 1.82) is 0 Å². The first-order valence-electron chi connectivity index (χ1n) is 6.69. The van der Waals surface area contributed by atoms with Gasteiger partial charge in [0.25, 0.3) is 0 Å². The number of amides is 1. The van der Waals surface area contributed by atoms with E-state index in [4.69, 9.17) is 16.3 Å². The van der Waals surface area contributed by atoms with Crippen molar-refractivity contribution in [2.75, 3.05) is 19.0 Å². The number of aliphatic hydroxyl groups is 1. The van der Waals surface area contributed by atoms with E-state index in [1.165, 1.54) is 25.4 Å². The van der Waals surface area contributed by atoms with E-state index in [9.17, 15) is 19.8 Å². The van der Waals surface area contributed by atoms with Gasteiger partial charge in [-0.25, -0.2) is 0 Å². The second-order valence-electron chi connectivity index (χ2n) is 4.84. The topological polar surface area (TPSA) is 115 Å². The smallest absolute Gasteiger partial charge is 0.230 e. The van der Waals surface area contributed by atoms with Crippen LogP contribution in [0.15, 0.2) is 18.2 Å². The summed E-state index contributed by atoms with van der Waals surface area (Å²) in [5, 5.41) is 24.5. The van der Waals surface area contributed by atoms with Gasteiger partial charge < -0.3 is 30.4 Å². The number of carboxylic acid groups (broad SMARTS) is 1. The summed E-state index contributed by atoms with van der Waals surface area (Å²) in [5.74, 6) is -1.47. The van der Waals surface area contributed by atoms with Gasteiger partial charge >= 0.3 is 0 Å². The van der Waals surface area contributed by atoms with Gasteiger partial charge in [-0.3, -0.25) is 4.79 Å². The second-order valence-corrected chi connectivity index (χ2v) is 5.28.